The van der Waals surface area contributed by atoms with Crippen molar-refractivity contribution in [2.24, 2.45) is 0 Å². The number of aryl methyl sites for hydroxylation is 1. The Bertz CT molecular complexity index is 1130. The number of pyridine rings is 1. The third-order valence-corrected chi connectivity index (χ3v) is 5.17. The second-order valence-electron chi connectivity index (χ2n) is 6.69. The van der Waals surface area contributed by atoms with E-state index in [0.29, 0.717) is 0 Å². The highest BCUT2D eigenvalue weighted by molar-refractivity contribution is 5.92. The van der Waals surface area contributed by atoms with E-state index in [9.17, 15) is 4.39 Å². The van der Waals surface area contributed by atoms with Gasteiger partial charge in [0.15, 0.2) is 0 Å². The van der Waals surface area contributed by atoms with Crippen LogP contribution < -0.4 is 5.32 Å². The molecule has 0 radical (unpaired) electrons. The summed E-state index contributed by atoms with van der Waals surface area (Å²) in [5.41, 5.74) is 7.56. The predicted octanol–water partition coefficient (Wildman–Crippen LogP) is 5.86. The van der Waals surface area contributed by atoms with Crippen LogP contribution in [0, 0.1) is 12.7 Å². The summed E-state index contributed by atoms with van der Waals surface area (Å²) in [6.45, 7) is 2.15. The molecule has 3 aromatic carbocycles. The second kappa shape index (κ2) is 5.67. The standard InChI is InChI=1S/C23H17FN2/c1-14-17-6-2-4-8-19(17)26-23-18-7-3-5-9-20(18)25-22(21(14)23)15-10-12-16(24)13-11-15/h2-13,22,25H,1H3. The summed E-state index contributed by atoms with van der Waals surface area (Å²) in [6, 6.07) is 23.1. The van der Waals surface area contributed by atoms with Gasteiger partial charge < -0.3 is 5.32 Å². The van der Waals surface area contributed by atoms with E-state index in [-0.39, 0.29) is 11.9 Å². The summed E-state index contributed by atoms with van der Waals surface area (Å²) < 4.78 is 13.4. The van der Waals surface area contributed by atoms with Gasteiger partial charge in [0.05, 0.1) is 17.3 Å². The molecule has 1 unspecified atom stereocenters. The van der Waals surface area contributed by atoms with Crippen LogP contribution in [0.2, 0.25) is 0 Å². The third-order valence-electron chi connectivity index (χ3n) is 5.17. The fraction of sp³-hybridized carbons (Fsp3) is 0.0870. The van der Waals surface area contributed by atoms with Crippen molar-refractivity contribution in [1.29, 1.82) is 0 Å². The molecular formula is C23H17FN2. The molecule has 26 heavy (non-hydrogen) atoms. The Morgan fingerprint density at radius 3 is 2.46 bits per heavy atom. The zero-order chi connectivity index (χ0) is 17.7. The van der Waals surface area contributed by atoms with E-state index in [1.807, 2.05) is 36.4 Å². The first kappa shape index (κ1) is 15.1. The summed E-state index contributed by atoms with van der Waals surface area (Å²) in [5.74, 6) is -0.224. The lowest BCUT2D eigenvalue weighted by Crippen LogP contribution is -2.20. The van der Waals surface area contributed by atoms with Crippen LogP contribution >= 0.6 is 0 Å². The number of fused-ring (bicyclic) bond motifs is 4. The highest BCUT2D eigenvalue weighted by atomic mass is 19.1. The average Bonchev–Trinajstić information content (AvgIpc) is 2.68. The van der Waals surface area contributed by atoms with Crippen molar-refractivity contribution in [1.82, 2.24) is 4.98 Å². The fourth-order valence-electron chi connectivity index (χ4n) is 3.90. The molecule has 0 saturated carbocycles. The molecule has 0 fully saturated rings. The molecule has 1 aliphatic heterocycles. The van der Waals surface area contributed by atoms with E-state index >= 15 is 0 Å². The quantitative estimate of drug-likeness (QED) is 0.469. The molecule has 4 aromatic rings. The van der Waals surface area contributed by atoms with Gasteiger partial charge in [-0.2, -0.15) is 0 Å². The van der Waals surface area contributed by atoms with Gasteiger partial charge >= 0.3 is 0 Å². The normalized spacial score (nSPS) is 15.2. The first-order valence-corrected chi connectivity index (χ1v) is 8.73. The number of nitrogens with one attached hydrogen (secondary N) is 1. The Balaban J connectivity index is 1.84. The summed E-state index contributed by atoms with van der Waals surface area (Å²) in [6.07, 6.45) is 0. The summed E-state index contributed by atoms with van der Waals surface area (Å²) in [4.78, 5) is 5.00. The SMILES string of the molecule is Cc1c2c(nc3ccccc13)-c1ccccc1NC2c1ccc(F)cc1. The summed E-state index contributed by atoms with van der Waals surface area (Å²) in [7, 11) is 0. The molecular weight excluding hydrogens is 323 g/mol. The van der Waals surface area contributed by atoms with Crippen LogP contribution in [-0.2, 0) is 0 Å². The Hall–Kier alpha value is -3.20. The van der Waals surface area contributed by atoms with Crippen molar-refractivity contribution in [2.45, 2.75) is 13.0 Å². The molecule has 1 aliphatic rings. The minimum Gasteiger partial charge on any atom is -0.374 e. The molecule has 0 saturated heterocycles. The molecule has 0 amide bonds. The van der Waals surface area contributed by atoms with Crippen molar-refractivity contribution in [2.75, 3.05) is 5.32 Å². The Labute approximate surface area is 151 Å². The maximum absolute atomic E-state index is 13.4. The van der Waals surface area contributed by atoms with Crippen LogP contribution in [0.4, 0.5) is 10.1 Å². The number of anilines is 1. The van der Waals surface area contributed by atoms with Gasteiger partial charge in [0.2, 0.25) is 0 Å². The zero-order valence-corrected chi connectivity index (χ0v) is 14.3. The highest BCUT2D eigenvalue weighted by Gasteiger charge is 2.29. The molecule has 2 heterocycles. The van der Waals surface area contributed by atoms with Gasteiger partial charge in [0.1, 0.15) is 5.82 Å². The average molecular weight is 340 g/mol. The second-order valence-corrected chi connectivity index (χ2v) is 6.69. The van der Waals surface area contributed by atoms with Crippen molar-refractivity contribution < 1.29 is 4.39 Å². The molecule has 126 valence electrons. The Morgan fingerprint density at radius 1 is 0.885 bits per heavy atom. The van der Waals surface area contributed by atoms with Gasteiger partial charge in [-0.15, -0.1) is 0 Å². The topological polar surface area (TPSA) is 24.9 Å². The van der Waals surface area contributed by atoms with E-state index < -0.39 is 0 Å². The number of benzene rings is 3. The largest absolute Gasteiger partial charge is 0.374 e. The lowest BCUT2D eigenvalue weighted by molar-refractivity contribution is 0.626. The van der Waals surface area contributed by atoms with Gasteiger partial charge in [-0.05, 0) is 42.3 Å². The van der Waals surface area contributed by atoms with Crippen LogP contribution in [-0.4, -0.2) is 4.98 Å². The van der Waals surface area contributed by atoms with Crippen molar-refractivity contribution in [3.63, 3.8) is 0 Å². The van der Waals surface area contributed by atoms with E-state index in [2.05, 4.69) is 36.5 Å². The first-order chi connectivity index (χ1) is 12.7. The van der Waals surface area contributed by atoms with E-state index in [4.69, 9.17) is 4.98 Å². The number of para-hydroxylation sites is 2. The minimum atomic E-state index is -0.224. The van der Waals surface area contributed by atoms with Gasteiger partial charge in [0, 0.05) is 22.2 Å². The summed E-state index contributed by atoms with van der Waals surface area (Å²) in [5, 5.41) is 4.78. The Morgan fingerprint density at radius 2 is 1.62 bits per heavy atom. The fourth-order valence-corrected chi connectivity index (χ4v) is 3.90. The molecule has 3 heteroatoms. The molecule has 2 nitrogen and oxygen atoms in total. The monoisotopic (exact) mass is 340 g/mol. The molecule has 0 bridgehead atoms. The van der Waals surface area contributed by atoms with Crippen LogP contribution in [0.5, 0.6) is 0 Å². The van der Waals surface area contributed by atoms with Crippen LogP contribution in [0.3, 0.4) is 0 Å². The molecule has 1 N–H and O–H groups in total. The lowest BCUT2D eigenvalue weighted by atomic mass is 9.85. The number of halogens is 1. The van der Waals surface area contributed by atoms with Gasteiger partial charge in [0.25, 0.3) is 0 Å². The maximum atomic E-state index is 13.4. The first-order valence-electron chi connectivity index (χ1n) is 8.73. The molecule has 0 aliphatic carbocycles. The van der Waals surface area contributed by atoms with Gasteiger partial charge in [-0.3, -0.25) is 0 Å². The number of nitrogens with zero attached hydrogens (tertiary/aromatic N) is 1. The smallest absolute Gasteiger partial charge is 0.123 e. The predicted molar refractivity (Wildman–Crippen MR) is 104 cm³/mol. The van der Waals surface area contributed by atoms with Crippen molar-refractivity contribution in [3.8, 4) is 11.3 Å². The maximum Gasteiger partial charge on any atom is 0.123 e. The highest BCUT2D eigenvalue weighted by Crippen LogP contribution is 2.44. The number of aromatic nitrogens is 1. The van der Waals surface area contributed by atoms with E-state index in [1.165, 1.54) is 17.7 Å². The van der Waals surface area contributed by atoms with Crippen molar-refractivity contribution >= 4 is 16.6 Å². The summed E-state index contributed by atoms with van der Waals surface area (Å²) >= 11 is 0. The van der Waals surface area contributed by atoms with Crippen LogP contribution in [0.15, 0.2) is 72.8 Å². The van der Waals surface area contributed by atoms with Crippen LogP contribution in [0.1, 0.15) is 22.7 Å². The Kier molecular flexibility index (Phi) is 3.29. The zero-order valence-electron chi connectivity index (χ0n) is 14.3. The molecule has 1 atom stereocenters. The van der Waals surface area contributed by atoms with Gasteiger partial charge in [-0.1, -0.05) is 48.5 Å². The van der Waals surface area contributed by atoms with Crippen molar-refractivity contribution in [3.05, 3.63) is 95.3 Å². The third kappa shape index (κ3) is 2.21. The lowest BCUT2D eigenvalue weighted by Gasteiger charge is -2.31. The van der Waals surface area contributed by atoms with Crippen LogP contribution in [0.25, 0.3) is 22.2 Å². The molecule has 1 aromatic heterocycles. The number of rotatable bonds is 1. The number of hydrogen-bond acceptors (Lipinski definition) is 2. The number of hydrogen-bond donors (Lipinski definition) is 1. The molecule has 0 spiro atoms. The van der Waals surface area contributed by atoms with E-state index in [0.717, 1.165) is 39.0 Å². The van der Waals surface area contributed by atoms with E-state index in [1.54, 1.807) is 0 Å². The minimum absolute atomic E-state index is 0.0578. The molecule has 5 rings (SSSR count). The van der Waals surface area contributed by atoms with Gasteiger partial charge in [-0.25, -0.2) is 9.37 Å².